The Balaban J connectivity index is 2.42. The molecule has 4 nitrogen and oxygen atoms in total. The summed E-state index contributed by atoms with van der Waals surface area (Å²) in [7, 11) is 0. The molecule has 0 spiro atoms. The summed E-state index contributed by atoms with van der Waals surface area (Å²) in [5.74, 6) is 0.148. The third-order valence-corrected chi connectivity index (χ3v) is 3.00. The van der Waals surface area contributed by atoms with Crippen molar-refractivity contribution in [1.29, 1.82) is 0 Å². The summed E-state index contributed by atoms with van der Waals surface area (Å²) in [6.07, 6.45) is 0.786. The SMILES string of the molecule is Cc1cc(O)c2[nH]c3c(c2c1)C(=O)NCC3. The Morgan fingerprint density at radius 3 is 3.00 bits per heavy atom. The van der Waals surface area contributed by atoms with Crippen LogP contribution in [0.4, 0.5) is 0 Å². The van der Waals surface area contributed by atoms with E-state index in [1.54, 1.807) is 6.07 Å². The van der Waals surface area contributed by atoms with Crippen molar-refractivity contribution in [3.05, 3.63) is 29.0 Å². The molecule has 0 aliphatic carbocycles. The number of benzene rings is 1. The molecule has 0 bridgehead atoms. The minimum atomic E-state index is -0.0579. The Morgan fingerprint density at radius 1 is 1.38 bits per heavy atom. The van der Waals surface area contributed by atoms with Crippen LogP contribution < -0.4 is 5.32 Å². The van der Waals surface area contributed by atoms with Gasteiger partial charge >= 0.3 is 0 Å². The topological polar surface area (TPSA) is 65.1 Å². The molecule has 3 N–H and O–H groups in total. The number of aromatic nitrogens is 1. The molecule has 2 aromatic rings. The number of aromatic hydroxyl groups is 1. The number of carbonyl (C=O) groups is 1. The summed E-state index contributed by atoms with van der Waals surface area (Å²) in [6, 6.07) is 3.62. The Labute approximate surface area is 92.3 Å². The second kappa shape index (κ2) is 3.01. The van der Waals surface area contributed by atoms with Crippen LogP contribution in [-0.2, 0) is 6.42 Å². The normalized spacial score (nSPS) is 14.9. The van der Waals surface area contributed by atoms with Crippen LogP contribution in [0.3, 0.4) is 0 Å². The largest absolute Gasteiger partial charge is 0.506 e. The molecule has 0 atom stereocenters. The smallest absolute Gasteiger partial charge is 0.253 e. The minimum Gasteiger partial charge on any atom is -0.506 e. The first-order valence-corrected chi connectivity index (χ1v) is 5.29. The molecule has 16 heavy (non-hydrogen) atoms. The molecule has 3 rings (SSSR count). The van der Waals surface area contributed by atoms with Crippen molar-refractivity contribution in [2.24, 2.45) is 0 Å². The first kappa shape index (κ1) is 9.27. The van der Waals surface area contributed by atoms with Crippen LogP contribution >= 0.6 is 0 Å². The first-order chi connectivity index (χ1) is 7.66. The molecule has 4 heteroatoms. The molecule has 0 saturated carbocycles. The number of H-pyrrole nitrogens is 1. The number of amides is 1. The van der Waals surface area contributed by atoms with E-state index in [1.165, 1.54) is 0 Å². The molecule has 0 saturated heterocycles. The Bertz CT molecular complexity index is 599. The average molecular weight is 216 g/mol. The highest BCUT2D eigenvalue weighted by Gasteiger charge is 2.23. The van der Waals surface area contributed by atoms with Gasteiger partial charge in [-0.1, -0.05) is 0 Å². The lowest BCUT2D eigenvalue weighted by Crippen LogP contribution is -2.31. The molecule has 0 fully saturated rings. The average Bonchev–Trinajstić information content (AvgIpc) is 2.58. The predicted molar refractivity (Wildman–Crippen MR) is 60.7 cm³/mol. The standard InChI is InChI=1S/C12H12N2O2/c1-6-4-7-10-8(2-3-13-12(10)16)14-11(7)9(15)5-6/h4-5,14-15H,2-3H2,1H3,(H,13,16). The van der Waals surface area contributed by atoms with E-state index in [0.29, 0.717) is 17.6 Å². The highest BCUT2D eigenvalue weighted by Crippen LogP contribution is 2.31. The van der Waals surface area contributed by atoms with Gasteiger partial charge in [-0.15, -0.1) is 0 Å². The number of carbonyl (C=O) groups excluding carboxylic acids is 1. The van der Waals surface area contributed by atoms with Gasteiger partial charge in [0.2, 0.25) is 0 Å². The maximum Gasteiger partial charge on any atom is 0.253 e. The van der Waals surface area contributed by atoms with E-state index < -0.39 is 0 Å². The van der Waals surface area contributed by atoms with E-state index in [1.807, 2.05) is 13.0 Å². The summed E-state index contributed by atoms with van der Waals surface area (Å²) in [5, 5.41) is 13.4. The van der Waals surface area contributed by atoms with Crippen LogP contribution in [0.25, 0.3) is 10.9 Å². The van der Waals surface area contributed by atoms with Crippen molar-refractivity contribution in [2.45, 2.75) is 13.3 Å². The number of hydrogen-bond donors (Lipinski definition) is 3. The summed E-state index contributed by atoms with van der Waals surface area (Å²) in [4.78, 5) is 14.9. The Hall–Kier alpha value is -1.97. The zero-order valence-corrected chi connectivity index (χ0v) is 8.92. The first-order valence-electron chi connectivity index (χ1n) is 5.29. The number of aryl methyl sites for hydroxylation is 1. The third-order valence-electron chi connectivity index (χ3n) is 3.00. The molecular weight excluding hydrogens is 204 g/mol. The van der Waals surface area contributed by atoms with E-state index in [-0.39, 0.29) is 11.7 Å². The lowest BCUT2D eigenvalue weighted by Gasteiger charge is -2.11. The van der Waals surface area contributed by atoms with Crippen molar-refractivity contribution in [1.82, 2.24) is 10.3 Å². The van der Waals surface area contributed by atoms with Crippen molar-refractivity contribution in [3.8, 4) is 5.75 Å². The highest BCUT2D eigenvalue weighted by atomic mass is 16.3. The molecule has 0 unspecified atom stereocenters. The molecule has 82 valence electrons. The predicted octanol–water partition coefficient (Wildman–Crippen LogP) is 1.47. The summed E-state index contributed by atoms with van der Waals surface area (Å²) in [5.41, 5.74) is 3.21. The van der Waals surface area contributed by atoms with Gasteiger partial charge in [-0.25, -0.2) is 0 Å². The maximum atomic E-state index is 11.8. The number of nitrogens with one attached hydrogen (secondary N) is 2. The Morgan fingerprint density at radius 2 is 2.19 bits per heavy atom. The number of fused-ring (bicyclic) bond motifs is 3. The molecule has 0 radical (unpaired) electrons. The number of hydrogen-bond acceptors (Lipinski definition) is 2. The number of phenolic OH excluding ortho intramolecular Hbond substituents is 1. The van der Waals surface area contributed by atoms with E-state index >= 15 is 0 Å². The van der Waals surface area contributed by atoms with Crippen LogP contribution in [0.5, 0.6) is 5.75 Å². The lowest BCUT2D eigenvalue weighted by atomic mass is 10.0. The molecule has 1 aliphatic rings. The van der Waals surface area contributed by atoms with Crippen LogP contribution in [0, 0.1) is 6.92 Å². The van der Waals surface area contributed by atoms with E-state index in [9.17, 15) is 9.90 Å². The van der Waals surface area contributed by atoms with Crippen molar-refractivity contribution in [2.75, 3.05) is 6.54 Å². The zero-order valence-electron chi connectivity index (χ0n) is 8.92. The van der Waals surface area contributed by atoms with Crippen molar-refractivity contribution < 1.29 is 9.90 Å². The van der Waals surface area contributed by atoms with Gasteiger partial charge in [0.1, 0.15) is 5.75 Å². The molecule has 2 heterocycles. The van der Waals surface area contributed by atoms with E-state index in [4.69, 9.17) is 0 Å². The minimum absolute atomic E-state index is 0.0579. The van der Waals surface area contributed by atoms with Gasteiger partial charge in [-0.05, 0) is 24.6 Å². The Kier molecular flexibility index (Phi) is 1.74. The van der Waals surface area contributed by atoms with Crippen LogP contribution in [0.2, 0.25) is 0 Å². The lowest BCUT2D eigenvalue weighted by molar-refractivity contribution is 0.0947. The second-order valence-electron chi connectivity index (χ2n) is 4.19. The molecule has 1 aromatic heterocycles. The van der Waals surface area contributed by atoms with Gasteiger partial charge < -0.3 is 15.4 Å². The van der Waals surface area contributed by atoms with Crippen LogP contribution in [0.1, 0.15) is 21.6 Å². The molecule has 1 aliphatic heterocycles. The summed E-state index contributed by atoms with van der Waals surface area (Å²) < 4.78 is 0. The third kappa shape index (κ3) is 1.13. The van der Waals surface area contributed by atoms with Crippen molar-refractivity contribution >= 4 is 16.8 Å². The zero-order chi connectivity index (χ0) is 11.3. The summed E-state index contributed by atoms with van der Waals surface area (Å²) >= 11 is 0. The fourth-order valence-corrected chi connectivity index (χ4v) is 2.31. The molecule has 1 amide bonds. The van der Waals surface area contributed by atoms with Gasteiger partial charge in [0, 0.05) is 24.0 Å². The number of phenols is 1. The quantitative estimate of drug-likeness (QED) is 0.624. The van der Waals surface area contributed by atoms with Crippen LogP contribution in [0.15, 0.2) is 12.1 Å². The maximum absolute atomic E-state index is 11.8. The van der Waals surface area contributed by atoms with Crippen molar-refractivity contribution in [3.63, 3.8) is 0 Å². The fraction of sp³-hybridized carbons (Fsp3) is 0.250. The van der Waals surface area contributed by atoms with Gasteiger partial charge in [-0.2, -0.15) is 0 Å². The van der Waals surface area contributed by atoms with Gasteiger partial charge in [-0.3, -0.25) is 4.79 Å². The second-order valence-corrected chi connectivity index (χ2v) is 4.19. The van der Waals surface area contributed by atoms with Crippen LogP contribution in [-0.4, -0.2) is 22.5 Å². The highest BCUT2D eigenvalue weighted by molar-refractivity contribution is 6.10. The summed E-state index contributed by atoms with van der Waals surface area (Å²) in [6.45, 7) is 2.55. The number of rotatable bonds is 0. The van der Waals surface area contributed by atoms with Gasteiger partial charge in [0.05, 0.1) is 11.1 Å². The molecule has 1 aromatic carbocycles. The monoisotopic (exact) mass is 216 g/mol. The van der Waals surface area contributed by atoms with E-state index in [2.05, 4.69) is 10.3 Å². The van der Waals surface area contributed by atoms with Gasteiger partial charge in [0.25, 0.3) is 5.91 Å². The van der Waals surface area contributed by atoms with Gasteiger partial charge in [0.15, 0.2) is 0 Å². The van der Waals surface area contributed by atoms with E-state index in [0.717, 1.165) is 23.1 Å². The number of aromatic amines is 1. The fourth-order valence-electron chi connectivity index (χ4n) is 2.31. The molecular formula is C12H12N2O2.